The molecule has 0 unspecified atom stereocenters. The van der Waals surface area contributed by atoms with Crippen molar-refractivity contribution in [2.45, 2.75) is 59.1 Å². The standard InChI is InChI=1S/C24H28O4S/c1-23(2)10-16(25)20(17(26)11-23)22(29-14-15-8-6-5-7-9-15)21-18(27)12-24(3,4)13-19(21)28/h5-9,25H,10-14H2,1-4H3. The van der Waals surface area contributed by atoms with Crippen LogP contribution >= 0.6 is 11.8 Å². The molecule has 0 aromatic heterocycles. The summed E-state index contributed by atoms with van der Waals surface area (Å²) in [4.78, 5) is 39.2. The largest absolute Gasteiger partial charge is 0.511 e. The molecule has 0 amide bonds. The second-order valence-corrected chi connectivity index (χ2v) is 10.6. The topological polar surface area (TPSA) is 71.4 Å². The first kappa shape index (κ1) is 21.6. The maximum Gasteiger partial charge on any atom is 0.168 e. The molecular weight excluding hydrogens is 384 g/mol. The SMILES string of the molecule is CC1(C)CC(=O)C(=C(SCc2ccccc2)C2=C(O)CC(C)(C)CC2=O)C(=O)C1. The number of carbonyl (C=O) groups is 3. The van der Waals surface area contributed by atoms with Crippen LogP contribution in [0.3, 0.4) is 0 Å². The Hall–Kier alpha value is -2.14. The predicted octanol–water partition coefficient (Wildman–Crippen LogP) is 5.33. The number of rotatable bonds is 4. The normalized spacial score (nSPS) is 21.5. The summed E-state index contributed by atoms with van der Waals surface area (Å²) in [6.07, 6.45) is 1.15. The zero-order chi connectivity index (χ0) is 21.4. The first-order valence-corrected chi connectivity index (χ1v) is 10.9. The molecule has 4 nitrogen and oxygen atoms in total. The van der Waals surface area contributed by atoms with E-state index >= 15 is 0 Å². The van der Waals surface area contributed by atoms with Crippen LogP contribution in [0.4, 0.5) is 0 Å². The van der Waals surface area contributed by atoms with Crippen molar-refractivity contribution in [3.05, 3.63) is 57.7 Å². The van der Waals surface area contributed by atoms with Gasteiger partial charge in [0.25, 0.3) is 0 Å². The number of allylic oxidation sites excluding steroid dienone is 3. The Labute approximate surface area is 176 Å². The fraction of sp³-hybridized carbons (Fsp3) is 0.458. The highest BCUT2D eigenvalue weighted by Gasteiger charge is 2.41. The zero-order valence-electron chi connectivity index (χ0n) is 17.5. The van der Waals surface area contributed by atoms with Gasteiger partial charge in [0.15, 0.2) is 17.3 Å². The quantitative estimate of drug-likeness (QED) is 0.534. The first-order chi connectivity index (χ1) is 13.5. The van der Waals surface area contributed by atoms with Gasteiger partial charge < -0.3 is 5.11 Å². The number of carbonyl (C=O) groups excluding carboxylic acids is 3. The number of hydrogen-bond acceptors (Lipinski definition) is 5. The monoisotopic (exact) mass is 412 g/mol. The van der Waals surface area contributed by atoms with Crippen molar-refractivity contribution >= 4 is 29.1 Å². The Balaban J connectivity index is 2.09. The van der Waals surface area contributed by atoms with Crippen LogP contribution in [0.15, 0.2) is 52.1 Å². The van der Waals surface area contributed by atoms with Gasteiger partial charge in [-0.3, -0.25) is 14.4 Å². The molecule has 0 heterocycles. The summed E-state index contributed by atoms with van der Waals surface area (Å²) in [5.41, 5.74) is 0.562. The van der Waals surface area contributed by atoms with Crippen LogP contribution in [0, 0.1) is 10.8 Å². The molecule has 1 N–H and O–H groups in total. The van der Waals surface area contributed by atoms with E-state index in [1.165, 1.54) is 11.8 Å². The highest BCUT2D eigenvalue weighted by Crippen LogP contribution is 2.45. The van der Waals surface area contributed by atoms with Gasteiger partial charge in [0.1, 0.15) is 5.76 Å². The van der Waals surface area contributed by atoms with Crippen LogP contribution < -0.4 is 0 Å². The highest BCUT2D eigenvalue weighted by atomic mass is 32.2. The van der Waals surface area contributed by atoms with Crippen molar-refractivity contribution in [2.75, 3.05) is 0 Å². The van der Waals surface area contributed by atoms with Crippen molar-refractivity contribution in [2.24, 2.45) is 10.8 Å². The van der Waals surface area contributed by atoms with Crippen LogP contribution in [0.5, 0.6) is 0 Å². The molecule has 29 heavy (non-hydrogen) atoms. The third-order valence-corrected chi connectivity index (χ3v) is 6.54. The lowest BCUT2D eigenvalue weighted by Crippen LogP contribution is -2.33. The summed E-state index contributed by atoms with van der Waals surface area (Å²) in [6.45, 7) is 7.67. The number of aliphatic hydroxyl groups is 1. The number of ketones is 3. The molecule has 0 radical (unpaired) electrons. The molecule has 0 aliphatic heterocycles. The average Bonchev–Trinajstić information content (AvgIpc) is 2.56. The molecule has 1 saturated carbocycles. The summed E-state index contributed by atoms with van der Waals surface area (Å²) < 4.78 is 0. The maximum absolute atomic E-state index is 13.0. The van der Waals surface area contributed by atoms with E-state index in [9.17, 15) is 19.5 Å². The van der Waals surface area contributed by atoms with Gasteiger partial charge in [-0.15, -0.1) is 11.8 Å². The van der Waals surface area contributed by atoms with Crippen molar-refractivity contribution in [1.82, 2.24) is 0 Å². The van der Waals surface area contributed by atoms with Gasteiger partial charge >= 0.3 is 0 Å². The van der Waals surface area contributed by atoms with Crippen molar-refractivity contribution in [3.8, 4) is 0 Å². The van der Waals surface area contributed by atoms with Gasteiger partial charge in [-0.25, -0.2) is 0 Å². The minimum absolute atomic E-state index is 0.0141. The predicted molar refractivity (Wildman–Crippen MR) is 115 cm³/mol. The molecule has 0 saturated heterocycles. The molecule has 3 rings (SSSR count). The second kappa shape index (κ2) is 7.94. The van der Waals surface area contributed by atoms with E-state index in [1.807, 2.05) is 58.0 Å². The van der Waals surface area contributed by atoms with Crippen molar-refractivity contribution in [3.63, 3.8) is 0 Å². The van der Waals surface area contributed by atoms with E-state index in [2.05, 4.69) is 0 Å². The van der Waals surface area contributed by atoms with Gasteiger partial charge in [-0.05, 0) is 16.4 Å². The molecular formula is C24H28O4S. The fourth-order valence-corrected chi connectivity index (χ4v) is 5.31. The number of hydrogen-bond donors (Lipinski definition) is 1. The molecule has 5 heteroatoms. The average molecular weight is 413 g/mol. The summed E-state index contributed by atoms with van der Waals surface area (Å²) in [5.74, 6) is -0.177. The van der Waals surface area contributed by atoms with Crippen LogP contribution in [0.1, 0.15) is 58.9 Å². The van der Waals surface area contributed by atoms with E-state index in [0.717, 1.165) is 5.56 Å². The molecule has 0 atom stereocenters. The Morgan fingerprint density at radius 3 is 1.93 bits per heavy atom. The Morgan fingerprint density at radius 1 is 0.862 bits per heavy atom. The molecule has 154 valence electrons. The van der Waals surface area contributed by atoms with Crippen LogP contribution in [-0.2, 0) is 20.1 Å². The second-order valence-electron chi connectivity index (χ2n) is 9.61. The molecule has 1 fully saturated rings. The number of Topliss-reactive ketones (excluding diaryl/α,β-unsaturated/α-hetero) is 3. The van der Waals surface area contributed by atoms with Crippen molar-refractivity contribution in [1.29, 1.82) is 0 Å². The Morgan fingerprint density at radius 2 is 1.38 bits per heavy atom. The van der Waals surface area contributed by atoms with Gasteiger partial charge in [-0.1, -0.05) is 58.0 Å². The Kier molecular flexibility index (Phi) is 5.91. The van der Waals surface area contributed by atoms with Gasteiger partial charge in [0.2, 0.25) is 0 Å². The Bertz CT molecular complexity index is 897. The van der Waals surface area contributed by atoms with Crippen LogP contribution in [0.2, 0.25) is 0 Å². The van der Waals surface area contributed by atoms with Crippen molar-refractivity contribution < 1.29 is 19.5 Å². The lowest BCUT2D eigenvalue weighted by Gasteiger charge is -2.33. The van der Waals surface area contributed by atoms with Crippen LogP contribution in [0.25, 0.3) is 0 Å². The minimum atomic E-state index is -0.387. The smallest absolute Gasteiger partial charge is 0.168 e. The molecule has 2 aliphatic rings. The number of thioether (sulfide) groups is 1. The molecule has 0 spiro atoms. The van der Waals surface area contributed by atoms with Gasteiger partial charge in [0, 0.05) is 36.3 Å². The lowest BCUT2D eigenvalue weighted by atomic mass is 9.72. The third kappa shape index (κ3) is 4.89. The number of benzene rings is 1. The fourth-order valence-electron chi connectivity index (χ4n) is 4.06. The summed E-state index contributed by atoms with van der Waals surface area (Å²) in [7, 11) is 0. The summed E-state index contributed by atoms with van der Waals surface area (Å²) in [6, 6.07) is 9.69. The van der Waals surface area contributed by atoms with Crippen LogP contribution in [-0.4, -0.2) is 22.5 Å². The highest BCUT2D eigenvalue weighted by molar-refractivity contribution is 8.02. The van der Waals surface area contributed by atoms with E-state index in [4.69, 9.17) is 0 Å². The van der Waals surface area contributed by atoms with E-state index < -0.39 is 0 Å². The third-order valence-electron chi connectivity index (χ3n) is 5.37. The molecule has 2 aliphatic carbocycles. The number of aliphatic hydroxyl groups excluding tert-OH is 1. The van der Waals surface area contributed by atoms with E-state index in [0.29, 0.717) is 17.1 Å². The maximum atomic E-state index is 13.0. The van der Waals surface area contributed by atoms with E-state index in [-0.39, 0.29) is 64.3 Å². The van der Waals surface area contributed by atoms with Gasteiger partial charge in [0.05, 0.1) is 11.1 Å². The van der Waals surface area contributed by atoms with E-state index in [1.54, 1.807) is 0 Å². The summed E-state index contributed by atoms with van der Waals surface area (Å²) in [5, 5.41) is 10.7. The zero-order valence-corrected chi connectivity index (χ0v) is 18.3. The molecule has 0 bridgehead atoms. The lowest BCUT2D eigenvalue weighted by molar-refractivity contribution is -0.127. The summed E-state index contributed by atoms with van der Waals surface area (Å²) >= 11 is 1.30. The molecule has 1 aromatic carbocycles. The van der Waals surface area contributed by atoms with Gasteiger partial charge in [-0.2, -0.15) is 0 Å². The first-order valence-electron chi connectivity index (χ1n) is 9.92. The minimum Gasteiger partial charge on any atom is -0.511 e. The molecule has 1 aromatic rings.